The van der Waals surface area contributed by atoms with Crippen molar-refractivity contribution in [3.8, 4) is 0 Å². The second-order valence-corrected chi connectivity index (χ2v) is 5.10. The van der Waals surface area contributed by atoms with Crippen LogP contribution in [0, 0.1) is 5.41 Å². The lowest BCUT2D eigenvalue weighted by atomic mass is 9.92. The molecule has 0 aliphatic heterocycles. The van der Waals surface area contributed by atoms with Crippen LogP contribution >= 0.6 is 0 Å². The van der Waals surface area contributed by atoms with E-state index >= 15 is 0 Å². The van der Waals surface area contributed by atoms with Crippen LogP contribution in [-0.4, -0.2) is 29.3 Å². The highest BCUT2D eigenvalue weighted by Crippen LogP contribution is 2.25. The van der Waals surface area contributed by atoms with Gasteiger partial charge in [-0.25, -0.2) is 0 Å². The molecule has 0 saturated heterocycles. The minimum atomic E-state index is -4.52. The molecule has 0 aliphatic rings. The van der Waals surface area contributed by atoms with Crippen LogP contribution in [0.4, 0.5) is 0 Å². The summed E-state index contributed by atoms with van der Waals surface area (Å²) in [4.78, 5) is 10.5. The minimum absolute atomic E-state index is 1.01. The van der Waals surface area contributed by atoms with Gasteiger partial charge in [0.25, 0.3) is 10.1 Å². The molecule has 0 aromatic heterocycles. The predicted octanol–water partition coefficient (Wildman–Crippen LogP) is 0.374. The highest BCUT2D eigenvalue weighted by molar-refractivity contribution is 7.87. The van der Waals surface area contributed by atoms with Crippen molar-refractivity contribution in [2.45, 2.75) is 26.0 Å². The molecule has 6 heteroatoms. The average Bonchev–Trinajstić information content (AvgIpc) is 1.49. The fraction of sp³-hybridized carbons (Fsp3) is 0.833. The smallest absolute Gasteiger partial charge is 0.324 e. The Hall–Kier alpha value is -0.620. The van der Waals surface area contributed by atoms with Gasteiger partial charge in [0.15, 0.2) is 5.25 Å². The summed E-state index contributed by atoms with van der Waals surface area (Å²) < 4.78 is 29.8. The Kier molecular flexibility index (Phi) is 2.87. The van der Waals surface area contributed by atoms with Gasteiger partial charge in [-0.15, -0.1) is 0 Å². The van der Waals surface area contributed by atoms with Gasteiger partial charge in [-0.1, -0.05) is 20.8 Å². The molecule has 1 atom stereocenters. The molecule has 0 saturated carbocycles. The van der Waals surface area contributed by atoms with Crippen LogP contribution in [0.1, 0.15) is 20.8 Å². The molecule has 0 bridgehead atoms. The van der Waals surface area contributed by atoms with E-state index in [9.17, 15) is 13.2 Å². The first-order valence-electron chi connectivity index (χ1n) is 3.26. The Labute approximate surface area is 71.1 Å². The molecule has 0 aliphatic carbocycles. The largest absolute Gasteiger partial charge is 0.480 e. The molecule has 0 fully saturated rings. The molecular formula is C6H12O5S. The molecule has 0 aromatic rings. The molecule has 0 rings (SSSR count). The lowest BCUT2D eigenvalue weighted by Crippen LogP contribution is -2.40. The van der Waals surface area contributed by atoms with E-state index in [2.05, 4.69) is 0 Å². The SMILES string of the molecule is CC(C)(C)C(C(=O)O)S(=O)(=O)O. The third-order valence-electron chi connectivity index (χ3n) is 1.31. The zero-order valence-corrected chi connectivity index (χ0v) is 7.92. The van der Waals surface area contributed by atoms with Crippen molar-refractivity contribution in [3.63, 3.8) is 0 Å². The van der Waals surface area contributed by atoms with Crippen molar-refractivity contribution in [2.75, 3.05) is 0 Å². The Balaban J connectivity index is 5.11. The van der Waals surface area contributed by atoms with Crippen molar-refractivity contribution in [1.82, 2.24) is 0 Å². The monoisotopic (exact) mass is 196 g/mol. The van der Waals surface area contributed by atoms with Gasteiger partial charge in [0.1, 0.15) is 0 Å². The van der Waals surface area contributed by atoms with Crippen molar-refractivity contribution < 1.29 is 22.9 Å². The number of hydrogen-bond acceptors (Lipinski definition) is 3. The average molecular weight is 196 g/mol. The summed E-state index contributed by atoms with van der Waals surface area (Å²) in [6, 6.07) is 0. The number of rotatable bonds is 2. The van der Waals surface area contributed by atoms with Gasteiger partial charge >= 0.3 is 5.97 Å². The summed E-state index contributed by atoms with van der Waals surface area (Å²) in [5.41, 5.74) is -1.01. The fourth-order valence-corrected chi connectivity index (χ4v) is 2.09. The number of carbonyl (C=O) groups is 1. The maximum atomic E-state index is 10.6. The maximum Gasteiger partial charge on any atom is 0.324 e. The summed E-state index contributed by atoms with van der Waals surface area (Å²) >= 11 is 0. The van der Waals surface area contributed by atoms with E-state index in [0.717, 1.165) is 0 Å². The van der Waals surface area contributed by atoms with Crippen molar-refractivity contribution in [1.29, 1.82) is 0 Å². The molecule has 5 nitrogen and oxygen atoms in total. The highest BCUT2D eigenvalue weighted by atomic mass is 32.2. The zero-order valence-electron chi connectivity index (χ0n) is 7.10. The van der Waals surface area contributed by atoms with E-state index in [0.29, 0.717) is 0 Å². The van der Waals surface area contributed by atoms with E-state index in [4.69, 9.17) is 9.66 Å². The fourth-order valence-electron chi connectivity index (χ4n) is 0.945. The number of carboxylic acid groups (broad SMARTS) is 1. The van der Waals surface area contributed by atoms with Crippen molar-refractivity contribution in [3.05, 3.63) is 0 Å². The van der Waals surface area contributed by atoms with Gasteiger partial charge in [0.05, 0.1) is 0 Å². The molecular weight excluding hydrogens is 184 g/mol. The topological polar surface area (TPSA) is 91.7 Å². The summed E-state index contributed by atoms with van der Waals surface area (Å²) in [5, 5.41) is 6.73. The number of carboxylic acids is 1. The summed E-state index contributed by atoms with van der Waals surface area (Å²) in [6.45, 7) is 4.29. The molecule has 1 unspecified atom stereocenters. The van der Waals surface area contributed by atoms with E-state index in [1.54, 1.807) is 0 Å². The molecule has 2 N–H and O–H groups in total. The third-order valence-corrected chi connectivity index (χ3v) is 2.81. The first-order valence-corrected chi connectivity index (χ1v) is 4.76. The van der Waals surface area contributed by atoms with Crippen LogP contribution in [0.2, 0.25) is 0 Å². The molecule has 72 valence electrons. The van der Waals surface area contributed by atoms with E-state index in [1.165, 1.54) is 20.8 Å². The van der Waals surface area contributed by atoms with E-state index in [1.807, 2.05) is 0 Å². The molecule has 0 heterocycles. The number of aliphatic carboxylic acids is 1. The standard InChI is InChI=1S/C6H12O5S/c1-6(2,3)4(5(7)8)12(9,10)11/h4H,1-3H3,(H,7,8)(H,9,10,11). The first kappa shape index (κ1) is 11.4. The second kappa shape index (κ2) is 3.02. The molecule has 12 heavy (non-hydrogen) atoms. The Bertz CT molecular complexity index is 271. The van der Waals surface area contributed by atoms with Crippen LogP contribution in [-0.2, 0) is 14.9 Å². The second-order valence-electron chi connectivity index (χ2n) is 3.60. The summed E-state index contributed by atoms with van der Waals surface area (Å²) in [6.07, 6.45) is 0. The normalized spacial score (nSPS) is 15.7. The van der Waals surface area contributed by atoms with Crippen LogP contribution in [0.15, 0.2) is 0 Å². The first-order chi connectivity index (χ1) is 5.07. The van der Waals surface area contributed by atoms with Gasteiger partial charge in [-0.05, 0) is 5.41 Å². The predicted molar refractivity (Wildman–Crippen MR) is 42.4 cm³/mol. The van der Waals surface area contributed by atoms with Crippen LogP contribution in [0.25, 0.3) is 0 Å². The van der Waals surface area contributed by atoms with Gasteiger partial charge in [0, 0.05) is 0 Å². The highest BCUT2D eigenvalue weighted by Gasteiger charge is 2.41. The van der Waals surface area contributed by atoms with E-state index in [-0.39, 0.29) is 0 Å². The van der Waals surface area contributed by atoms with Gasteiger partial charge in [-0.2, -0.15) is 8.42 Å². The summed E-state index contributed by atoms with van der Waals surface area (Å²) in [5.74, 6) is -1.54. The number of hydrogen-bond donors (Lipinski definition) is 2. The molecule has 0 aromatic carbocycles. The van der Waals surface area contributed by atoms with Crippen LogP contribution in [0.3, 0.4) is 0 Å². The van der Waals surface area contributed by atoms with Crippen molar-refractivity contribution in [2.24, 2.45) is 5.41 Å². The Morgan fingerprint density at radius 2 is 1.67 bits per heavy atom. The van der Waals surface area contributed by atoms with Crippen molar-refractivity contribution >= 4 is 16.1 Å². The van der Waals surface area contributed by atoms with Gasteiger partial charge in [0.2, 0.25) is 0 Å². The summed E-state index contributed by atoms with van der Waals surface area (Å²) in [7, 11) is -4.52. The maximum absolute atomic E-state index is 10.6. The lowest BCUT2D eigenvalue weighted by molar-refractivity contribution is -0.138. The quantitative estimate of drug-likeness (QED) is 0.623. The molecule has 0 amide bonds. The minimum Gasteiger partial charge on any atom is -0.480 e. The Morgan fingerprint density at radius 1 is 1.33 bits per heavy atom. The molecule has 0 radical (unpaired) electrons. The van der Waals surface area contributed by atoms with Gasteiger partial charge < -0.3 is 5.11 Å². The van der Waals surface area contributed by atoms with Crippen LogP contribution in [0.5, 0.6) is 0 Å². The van der Waals surface area contributed by atoms with Gasteiger partial charge in [-0.3, -0.25) is 9.35 Å². The zero-order chi connectivity index (χ0) is 10.2. The third kappa shape index (κ3) is 2.78. The molecule has 0 spiro atoms. The van der Waals surface area contributed by atoms with Crippen LogP contribution < -0.4 is 0 Å². The lowest BCUT2D eigenvalue weighted by Gasteiger charge is -2.23. The van der Waals surface area contributed by atoms with E-state index < -0.39 is 26.8 Å². The Morgan fingerprint density at radius 3 is 1.67 bits per heavy atom.